The fourth-order valence-electron chi connectivity index (χ4n) is 1.75. The molecule has 1 aliphatic rings. The van der Waals surface area contributed by atoms with Crippen LogP contribution in [0.25, 0.3) is 0 Å². The summed E-state index contributed by atoms with van der Waals surface area (Å²) in [6.07, 6.45) is 0.793. The standard InChI is InChI=1S/C10H12BrNO2S/c1-7-4-8-5-9(11)2-3-10(8)15(13,14)12-6-7/h2-3,5,7,12H,4,6H2,1H3. The Labute approximate surface area is 98.1 Å². The molecular weight excluding hydrogens is 278 g/mol. The lowest BCUT2D eigenvalue weighted by atomic mass is 10.0. The van der Waals surface area contributed by atoms with Crippen molar-refractivity contribution < 1.29 is 8.42 Å². The van der Waals surface area contributed by atoms with Gasteiger partial charge in [-0.25, -0.2) is 13.1 Å². The van der Waals surface area contributed by atoms with Crippen molar-refractivity contribution in [2.24, 2.45) is 5.92 Å². The average Bonchev–Trinajstić information content (AvgIpc) is 2.24. The summed E-state index contributed by atoms with van der Waals surface area (Å²) in [7, 11) is -3.30. The minimum absolute atomic E-state index is 0.329. The molecule has 1 aromatic rings. The predicted octanol–water partition coefficient (Wildman–Crippen LogP) is 1.92. The number of nitrogens with one attached hydrogen (secondary N) is 1. The van der Waals surface area contributed by atoms with Gasteiger partial charge >= 0.3 is 0 Å². The molecule has 1 heterocycles. The van der Waals surface area contributed by atoms with Crippen molar-refractivity contribution in [2.75, 3.05) is 6.54 Å². The topological polar surface area (TPSA) is 46.2 Å². The first-order valence-corrected chi connectivity index (χ1v) is 7.05. The highest BCUT2D eigenvalue weighted by molar-refractivity contribution is 9.10. The van der Waals surface area contributed by atoms with Gasteiger partial charge in [0.2, 0.25) is 10.0 Å². The molecule has 0 bridgehead atoms. The molecule has 15 heavy (non-hydrogen) atoms. The van der Waals surface area contributed by atoms with Crippen LogP contribution in [0.1, 0.15) is 12.5 Å². The van der Waals surface area contributed by atoms with Crippen LogP contribution in [0.5, 0.6) is 0 Å². The van der Waals surface area contributed by atoms with Gasteiger partial charge in [-0.05, 0) is 36.1 Å². The van der Waals surface area contributed by atoms with E-state index in [2.05, 4.69) is 20.7 Å². The van der Waals surface area contributed by atoms with Crippen LogP contribution < -0.4 is 4.72 Å². The fourth-order valence-corrected chi connectivity index (χ4v) is 3.55. The van der Waals surface area contributed by atoms with Gasteiger partial charge in [-0.15, -0.1) is 0 Å². The molecule has 1 aromatic carbocycles. The summed E-state index contributed by atoms with van der Waals surface area (Å²) in [4.78, 5) is 0.412. The van der Waals surface area contributed by atoms with Gasteiger partial charge in [0.1, 0.15) is 0 Å². The van der Waals surface area contributed by atoms with Crippen LogP contribution >= 0.6 is 15.9 Å². The molecular formula is C10H12BrNO2S. The zero-order chi connectivity index (χ0) is 11.1. The maximum absolute atomic E-state index is 11.8. The fraction of sp³-hybridized carbons (Fsp3) is 0.400. The van der Waals surface area contributed by atoms with Crippen molar-refractivity contribution in [1.29, 1.82) is 0 Å². The Kier molecular flexibility index (Phi) is 2.87. The number of sulfonamides is 1. The summed E-state index contributed by atoms with van der Waals surface area (Å²) in [6, 6.07) is 5.30. The van der Waals surface area contributed by atoms with Crippen LogP contribution in [0.15, 0.2) is 27.6 Å². The van der Waals surface area contributed by atoms with Gasteiger partial charge < -0.3 is 0 Å². The SMILES string of the molecule is CC1CNS(=O)(=O)c2ccc(Br)cc2C1. The molecule has 0 aromatic heterocycles. The van der Waals surface area contributed by atoms with E-state index < -0.39 is 10.0 Å². The molecule has 82 valence electrons. The molecule has 1 unspecified atom stereocenters. The van der Waals surface area contributed by atoms with Crippen LogP contribution in [0.3, 0.4) is 0 Å². The molecule has 0 amide bonds. The van der Waals surface area contributed by atoms with Crippen LogP contribution in [0.2, 0.25) is 0 Å². The second-order valence-electron chi connectivity index (χ2n) is 3.91. The summed E-state index contributed by atoms with van der Waals surface area (Å²) in [5.41, 5.74) is 0.891. The Hall–Kier alpha value is -0.390. The quantitative estimate of drug-likeness (QED) is 0.793. The molecule has 1 atom stereocenters. The van der Waals surface area contributed by atoms with E-state index in [0.29, 0.717) is 17.4 Å². The lowest BCUT2D eigenvalue weighted by Crippen LogP contribution is -2.26. The van der Waals surface area contributed by atoms with Crippen molar-refractivity contribution in [2.45, 2.75) is 18.2 Å². The number of hydrogen-bond donors (Lipinski definition) is 1. The summed E-state index contributed by atoms with van der Waals surface area (Å²) in [6.45, 7) is 2.55. The highest BCUT2D eigenvalue weighted by Gasteiger charge is 2.23. The Morgan fingerprint density at radius 1 is 1.47 bits per heavy atom. The second-order valence-corrected chi connectivity index (χ2v) is 6.56. The first-order valence-electron chi connectivity index (χ1n) is 4.77. The number of benzene rings is 1. The van der Waals surface area contributed by atoms with Gasteiger partial charge in [0.15, 0.2) is 0 Å². The molecule has 3 nitrogen and oxygen atoms in total. The minimum Gasteiger partial charge on any atom is -0.211 e. The molecule has 1 aliphatic heterocycles. The molecule has 2 rings (SSSR count). The van der Waals surface area contributed by atoms with E-state index in [4.69, 9.17) is 0 Å². The number of hydrogen-bond acceptors (Lipinski definition) is 2. The smallest absolute Gasteiger partial charge is 0.211 e. The van der Waals surface area contributed by atoms with Crippen molar-refractivity contribution >= 4 is 26.0 Å². The van der Waals surface area contributed by atoms with E-state index in [1.807, 2.05) is 13.0 Å². The maximum Gasteiger partial charge on any atom is 0.240 e. The third kappa shape index (κ3) is 2.24. The first-order chi connectivity index (χ1) is 6.99. The molecule has 0 spiro atoms. The zero-order valence-corrected chi connectivity index (χ0v) is 10.7. The van der Waals surface area contributed by atoms with Crippen molar-refractivity contribution in [3.63, 3.8) is 0 Å². The summed E-state index contributed by atoms with van der Waals surface area (Å²) in [5.74, 6) is 0.329. The minimum atomic E-state index is -3.30. The third-order valence-corrected chi connectivity index (χ3v) is 4.52. The molecule has 0 saturated heterocycles. The Morgan fingerprint density at radius 3 is 2.93 bits per heavy atom. The predicted molar refractivity (Wildman–Crippen MR) is 62.2 cm³/mol. The van der Waals surface area contributed by atoms with Crippen LogP contribution in [0.4, 0.5) is 0 Å². The van der Waals surface area contributed by atoms with E-state index in [1.54, 1.807) is 12.1 Å². The number of rotatable bonds is 0. The van der Waals surface area contributed by atoms with Gasteiger partial charge in [0.25, 0.3) is 0 Å². The monoisotopic (exact) mass is 289 g/mol. The number of halogens is 1. The molecule has 0 aliphatic carbocycles. The normalized spacial score (nSPS) is 24.3. The van der Waals surface area contributed by atoms with Crippen LogP contribution in [-0.4, -0.2) is 15.0 Å². The van der Waals surface area contributed by atoms with Crippen LogP contribution in [0, 0.1) is 5.92 Å². The molecule has 0 radical (unpaired) electrons. The average molecular weight is 290 g/mol. The van der Waals surface area contributed by atoms with E-state index >= 15 is 0 Å². The lowest BCUT2D eigenvalue weighted by molar-refractivity contribution is 0.552. The highest BCUT2D eigenvalue weighted by Crippen LogP contribution is 2.25. The largest absolute Gasteiger partial charge is 0.240 e. The van der Waals surface area contributed by atoms with Gasteiger partial charge in [0.05, 0.1) is 4.90 Å². The summed E-state index contributed by atoms with van der Waals surface area (Å²) in [5, 5.41) is 0. The van der Waals surface area contributed by atoms with Gasteiger partial charge in [-0.1, -0.05) is 22.9 Å². The highest BCUT2D eigenvalue weighted by atomic mass is 79.9. The van der Waals surface area contributed by atoms with E-state index in [0.717, 1.165) is 16.5 Å². The van der Waals surface area contributed by atoms with Gasteiger partial charge in [-0.3, -0.25) is 0 Å². The summed E-state index contributed by atoms with van der Waals surface area (Å²) < 4.78 is 27.2. The van der Waals surface area contributed by atoms with Crippen LogP contribution in [-0.2, 0) is 16.4 Å². The molecule has 1 N–H and O–H groups in total. The van der Waals surface area contributed by atoms with Crippen molar-refractivity contribution in [3.8, 4) is 0 Å². The third-order valence-electron chi connectivity index (χ3n) is 2.50. The molecule has 5 heteroatoms. The second kappa shape index (κ2) is 3.88. The van der Waals surface area contributed by atoms with Crippen molar-refractivity contribution in [1.82, 2.24) is 4.72 Å². The van der Waals surface area contributed by atoms with Gasteiger partial charge in [-0.2, -0.15) is 0 Å². The summed E-state index contributed by atoms with van der Waals surface area (Å²) >= 11 is 3.36. The Morgan fingerprint density at radius 2 is 2.20 bits per heavy atom. The Bertz CT molecular complexity index is 484. The maximum atomic E-state index is 11.8. The lowest BCUT2D eigenvalue weighted by Gasteiger charge is -2.06. The first kappa shape index (κ1) is 11.1. The molecule has 0 saturated carbocycles. The zero-order valence-electron chi connectivity index (χ0n) is 8.33. The van der Waals surface area contributed by atoms with E-state index in [1.165, 1.54) is 0 Å². The Balaban J connectivity index is 2.61. The number of fused-ring (bicyclic) bond motifs is 1. The van der Waals surface area contributed by atoms with E-state index in [-0.39, 0.29) is 0 Å². The molecule has 0 fully saturated rings. The van der Waals surface area contributed by atoms with E-state index in [9.17, 15) is 8.42 Å². The van der Waals surface area contributed by atoms with Crippen molar-refractivity contribution in [3.05, 3.63) is 28.2 Å². The van der Waals surface area contributed by atoms with Gasteiger partial charge in [0, 0.05) is 11.0 Å².